The SMILES string of the molecule is C[C@H](Sc1nc2ccccc2s1)C(=O)N[C@@H](C)Cn1cncn1. The highest BCUT2D eigenvalue weighted by Crippen LogP contribution is 2.31. The van der Waals surface area contributed by atoms with Gasteiger partial charge in [0.1, 0.15) is 12.7 Å². The Morgan fingerprint density at radius 1 is 1.39 bits per heavy atom. The number of carbonyl (C=O) groups excluding carboxylic acids is 1. The van der Waals surface area contributed by atoms with Gasteiger partial charge in [0.05, 0.1) is 22.0 Å². The van der Waals surface area contributed by atoms with Gasteiger partial charge in [-0.05, 0) is 26.0 Å². The Hall–Kier alpha value is -1.93. The highest BCUT2D eigenvalue weighted by Gasteiger charge is 2.18. The Kier molecular flexibility index (Phi) is 4.92. The first-order chi connectivity index (χ1) is 11.1. The summed E-state index contributed by atoms with van der Waals surface area (Å²) >= 11 is 3.10. The third kappa shape index (κ3) is 4.08. The van der Waals surface area contributed by atoms with Crippen LogP contribution in [0.15, 0.2) is 41.3 Å². The molecule has 3 rings (SSSR count). The minimum absolute atomic E-state index is 0.00173. The normalized spacial score (nSPS) is 13.8. The van der Waals surface area contributed by atoms with Crippen molar-refractivity contribution in [2.75, 3.05) is 0 Å². The predicted molar refractivity (Wildman–Crippen MR) is 92.6 cm³/mol. The van der Waals surface area contributed by atoms with Crippen LogP contribution in [0, 0.1) is 0 Å². The molecule has 2 atom stereocenters. The predicted octanol–water partition coefficient (Wildman–Crippen LogP) is 2.57. The van der Waals surface area contributed by atoms with Crippen LogP contribution in [0.25, 0.3) is 10.2 Å². The summed E-state index contributed by atoms with van der Waals surface area (Å²) in [5, 5.41) is 6.84. The van der Waals surface area contributed by atoms with Crippen LogP contribution >= 0.6 is 23.1 Å². The van der Waals surface area contributed by atoms with Crippen LogP contribution < -0.4 is 5.32 Å². The van der Waals surface area contributed by atoms with Crippen LogP contribution in [0.3, 0.4) is 0 Å². The monoisotopic (exact) mass is 347 g/mol. The molecule has 8 heteroatoms. The molecule has 0 spiro atoms. The molecular formula is C15H17N5OS2. The topological polar surface area (TPSA) is 72.7 Å². The maximum Gasteiger partial charge on any atom is 0.233 e. The molecular weight excluding hydrogens is 330 g/mol. The van der Waals surface area contributed by atoms with Crippen LogP contribution in [0.5, 0.6) is 0 Å². The van der Waals surface area contributed by atoms with E-state index < -0.39 is 0 Å². The van der Waals surface area contributed by atoms with Crippen molar-refractivity contribution >= 4 is 39.2 Å². The van der Waals surface area contributed by atoms with Crippen molar-refractivity contribution in [3.63, 3.8) is 0 Å². The second-order valence-electron chi connectivity index (χ2n) is 5.23. The van der Waals surface area contributed by atoms with E-state index in [0.29, 0.717) is 6.54 Å². The van der Waals surface area contributed by atoms with E-state index in [9.17, 15) is 4.79 Å². The lowest BCUT2D eigenvalue weighted by molar-refractivity contribution is -0.121. The molecule has 0 aliphatic carbocycles. The van der Waals surface area contributed by atoms with Crippen molar-refractivity contribution in [2.24, 2.45) is 0 Å². The quantitative estimate of drug-likeness (QED) is 0.694. The summed E-state index contributed by atoms with van der Waals surface area (Å²) in [6.45, 7) is 4.45. The number of fused-ring (bicyclic) bond motifs is 1. The van der Waals surface area contributed by atoms with Crippen LogP contribution in [0.1, 0.15) is 13.8 Å². The van der Waals surface area contributed by atoms with Gasteiger partial charge < -0.3 is 5.32 Å². The summed E-state index contributed by atoms with van der Waals surface area (Å²) in [7, 11) is 0. The minimum Gasteiger partial charge on any atom is -0.351 e. The van der Waals surface area contributed by atoms with E-state index in [0.717, 1.165) is 14.6 Å². The summed E-state index contributed by atoms with van der Waals surface area (Å²) in [5.41, 5.74) is 0.979. The lowest BCUT2D eigenvalue weighted by Crippen LogP contribution is -2.39. The van der Waals surface area contributed by atoms with Crippen LogP contribution in [-0.4, -0.2) is 36.9 Å². The van der Waals surface area contributed by atoms with E-state index in [4.69, 9.17) is 0 Å². The van der Waals surface area contributed by atoms with Crippen molar-refractivity contribution in [3.05, 3.63) is 36.9 Å². The number of hydrogen-bond acceptors (Lipinski definition) is 6. The van der Waals surface area contributed by atoms with E-state index in [1.165, 1.54) is 18.1 Å². The minimum atomic E-state index is -0.200. The molecule has 0 aliphatic rings. The number of nitrogens with zero attached hydrogens (tertiary/aromatic N) is 4. The molecule has 23 heavy (non-hydrogen) atoms. The van der Waals surface area contributed by atoms with Gasteiger partial charge >= 0.3 is 0 Å². The molecule has 0 saturated carbocycles. The molecule has 120 valence electrons. The number of aromatic nitrogens is 4. The third-order valence-electron chi connectivity index (χ3n) is 3.24. The van der Waals surface area contributed by atoms with Gasteiger partial charge in [-0.1, -0.05) is 23.9 Å². The second-order valence-corrected chi connectivity index (χ2v) is 7.85. The summed E-state index contributed by atoms with van der Waals surface area (Å²) in [6, 6.07) is 7.99. The lowest BCUT2D eigenvalue weighted by atomic mass is 10.3. The first-order valence-corrected chi connectivity index (χ1v) is 8.96. The molecule has 2 heterocycles. The molecule has 0 fully saturated rings. The molecule has 0 saturated heterocycles. The van der Waals surface area contributed by atoms with E-state index in [-0.39, 0.29) is 17.2 Å². The zero-order valence-corrected chi connectivity index (χ0v) is 14.5. The first kappa shape index (κ1) is 15.9. The number of thiazole rings is 1. The third-order valence-corrected chi connectivity index (χ3v) is 5.47. The van der Waals surface area contributed by atoms with Gasteiger partial charge in [0.25, 0.3) is 0 Å². The summed E-state index contributed by atoms with van der Waals surface area (Å²) in [4.78, 5) is 20.7. The average Bonchev–Trinajstić information content (AvgIpc) is 3.15. The number of amides is 1. The van der Waals surface area contributed by atoms with Crippen molar-refractivity contribution in [3.8, 4) is 0 Å². The zero-order chi connectivity index (χ0) is 16.2. The average molecular weight is 347 g/mol. The maximum atomic E-state index is 12.3. The number of benzene rings is 1. The molecule has 1 aromatic carbocycles. The van der Waals surface area contributed by atoms with Crippen molar-refractivity contribution in [1.29, 1.82) is 0 Å². The smallest absolute Gasteiger partial charge is 0.233 e. The largest absolute Gasteiger partial charge is 0.351 e. The lowest BCUT2D eigenvalue weighted by Gasteiger charge is -2.16. The number of carbonyl (C=O) groups is 1. The van der Waals surface area contributed by atoms with Crippen LogP contribution in [0.4, 0.5) is 0 Å². The van der Waals surface area contributed by atoms with Crippen molar-refractivity contribution in [1.82, 2.24) is 25.1 Å². The van der Waals surface area contributed by atoms with Gasteiger partial charge in [-0.2, -0.15) is 5.10 Å². The van der Waals surface area contributed by atoms with Crippen LogP contribution in [-0.2, 0) is 11.3 Å². The fourth-order valence-corrected chi connectivity index (χ4v) is 4.34. The Morgan fingerprint density at radius 2 is 2.22 bits per heavy atom. The van der Waals surface area contributed by atoms with Gasteiger partial charge in [-0.25, -0.2) is 9.97 Å². The fraction of sp³-hybridized carbons (Fsp3) is 0.333. The van der Waals surface area contributed by atoms with E-state index in [2.05, 4.69) is 20.4 Å². The Morgan fingerprint density at radius 3 is 2.96 bits per heavy atom. The molecule has 0 radical (unpaired) electrons. The standard InChI is InChI=1S/C15H17N5OS2/c1-10(7-20-9-16-8-17-20)18-14(21)11(2)22-15-19-12-5-3-4-6-13(12)23-15/h3-6,8-11H,7H2,1-2H3,(H,18,21)/t10-,11-/m0/s1. The zero-order valence-electron chi connectivity index (χ0n) is 12.8. The highest BCUT2D eigenvalue weighted by atomic mass is 32.2. The summed E-state index contributed by atoms with van der Waals surface area (Å²) in [5.74, 6) is 0.00173. The van der Waals surface area contributed by atoms with Gasteiger partial charge in [0.15, 0.2) is 4.34 Å². The molecule has 0 bridgehead atoms. The first-order valence-electron chi connectivity index (χ1n) is 7.27. The van der Waals surface area contributed by atoms with Gasteiger partial charge in [-0.15, -0.1) is 11.3 Å². The number of hydrogen-bond donors (Lipinski definition) is 1. The van der Waals surface area contributed by atoms with Gasteiger partial charge in [-0.3, -0.25) is 9.48 Å². The summed E-state index contributed by atoms with van der Waals surface area (Å²) in [6.07, 6.45) is 3.13. The van der Waals surface area contributed by atoms with E-state index >= 15 is 0 Å². The molecule has 3 aromatic rings. The summed E-state index contributed by atoms with van der Waals surface area (Å²) < 4.78 is 3.76. The number of nitrogens with one attached hydrogen (secondary N) is 1. The van der Waals surface area contributed by atoms with E-state index in [1.54, 1.807) is 22.3 Å². The fourth-order valence-electron chi connectivity index (χ4n) is 2.12. The molecule has 0 unspecified atom stereocenters. The molecule has 6 nitrogen and oxygen atoms in total. The number of thioether (sulfide) groups is 1. The Labute approximate surface area is 142 Å². The molecule has 1 N–H and O–H groups in total. The Bertz CT molecular complexity index is 753. The van der Waals surface area contributed by atoms with Gasteiger partial charge in [0.2, 0.25) is 5.91 Å². The van der Waals surface area contributed by atoms with E-state index in [1.807, 2.05) is 38.1 Å². The highest BCUT2D eigenvalue weighted by molar-refractivity contribution is 8.02. The Balaban J connectivity index is 1.56. The number of rotatable bonds is 6. The second kappa shape index (κ2) is 7.10. The van der Waals surface area contributed by atoms with Crippen LogP contribution in [0.2, 0.25) is 0 Å². The molecule has 0 aliphatic heterocycles. The molecule has 1 amide bonds. The maximum absolute atomic E-state index is 12.3. The number of para-hydroxylation sites is 1. The van der Waals surface area contributed by atoms with Gasteiger partial charge in [0, 0.05) is 6.04 Å². The van der Waals surface area contributed by atoms with Crippen molar-refractivity contribution < 1.29 is 4.79 Å². The van der Waals surface area contributed by atoms with Crippen molar-refractivity contribution in [2.45, 2.75) is 36.0 Å². The molecule has 2 aromatic heterocycles.